The van der Waals surface area contributed by atoms with Gasteiger partial charge in [-0.15, -0.1) is 0 Å². The first-order valence-electron chi connectivity index (χ1n) is 8.15. The molecule has 18 heteroatoms. The van der Waals surface area contributed by atoms with E-state index >= 15 is 0 Å². The van der Waals surface area contributed by atoms with E-state index in [0.29, 0.717) is 6.42 Å². The Morgan fingerprint density at radius 3 is 1.83 bits per heavy atom. The van der Waals surface area contributed by atoms with Crippen molar-refractivity contribution in [2.24, 2.45) is 0 Å². The summed E-state index contributed by atoms with van der Waals surface area (Å²) in [5.41, 5.74) is 0. The van der Waals surface area contributed by atoms with Gasteiger partial charge in [-0.05, 0) is 13.3 Å². The summed E-state index contributed by atoms with van der Waals surface area (Å²) in [5.74, 6) is -2.63. The van der Waals surface area contributed by atoms with E-state index < -0.39 is 60.3 Å². The molecule has 0 unspecified atom stereocenters. The van der Waals surface area contributed by atoms with Gasteiger partial charge in [0.15, 0.2) is 11.9 Å². The van der Waals surface area contributed by atoms with Crippen LogP contribution in [-0.4, -0.2) is 77.9 Å². The van der Waals surface area contributed by atoms with E-state index in [4.69, 9.17) is 38.8 Å². The minimum Gasteiger partial charge on any atom is -0.379 e. The third-order valence-electron chi connectivity index (χ3n) is 3.60. The Bertz CT molecular complexity index is 664. The maximum absolute atomic E-state index is 11.4. The number of unbranched alkanes of at least 4 members (excludes halogenated alkanes) is 1. The molecule has 0 bridgehead atoms. The molecule has 0 radical (unpaired) electrons. The number of aliphatic hydroxyl groups is 1. The van der Waals surface area contributed by atoms with E-state index in [0.717, 1.165) is 13.3 Å². The summed E-state index contributed by atoms with van der Waals surface area (Å²) in [7, 11) is -16.2. The quantitative estimate of drug-likeness (QED) is 0.141. The van der Waals surface area contributed by atoms with Crippen molar-refractivity contribution in [3.05, 3.63) is 0 Å². The van der Waals surface area contributed by atoms with Crippen LogP contribution in [0.1, 0.15) is 26.7 Å². The number of hydrogen-bond acceptors (Lipinski definition) is 9. The first-order chi connectivity index (χ1) is 13.0. The molecule has 29 heavy (non-hydrogen) atoms. The Morgan fingerprint density at radius 1 is 0.897 bits per heavy atom. The molecule has 15 nitrogen and oxygen atoms in total. The fourth-order valence-corrected chi connectivity index (χ4v) is 4.30. The van der Waals surface area contributed by atoms with Gasteiger partial charge in [0.05, 0.1) is 6.61 Å². The van der Waals surface area contributed by atoms with E-state index in [2.05, 4.69) is 13.6 Å². The van der Waals surface area contributed by atoms with Gasteiger partial charge in [0.2, 0.25) is 0 Å². The highest BCUT2D eigenvalue weighted by Crippen LogP contribution is 2.51. The van der Waals surface area contributed by atoms with Crippen LogP contribution in [0.3, 0.4) is 0 Å². The molecule has 1 rings (SSSR count). The monoisotopic (exact) mass is 490 g/mol. The molecule has 1 saturated heterocycles. The van der Waals surface area contributed by atoms with Crippen LogP contribution < -0.4 is 0 Å². The molecular formula is C11H25O15P3. The average Bonchev–Trinajstić information content (AvgIpc) is 2.47. The van der Waals surface area contributed by atoms with Gasteiger partial charge < -0.3 is 43.9 Å². The Morgan fingerprint density at radius 2 is 1.38 bits per heavy atom. The van der Waals surface area contributed by atoms with Gasteiger partial charge in [0, 0.05) is 6.61 Å². The van der Waals surface area contributed by atoms with Crippen molar-refractivity contribution >= 4 is 23.5 Å². The summed E-state index contributed by atoms with van der Waals surface area (Å²) in [5, 5.41) is 10.4. The van der Waals surface area contributed by atoms with Gasteiger partial charge >= 0.3 is 23.5 Å². The molecule has 174 valence electrons. The SMILES string of the molecule is CCCCOC[C@H]1O[C@](C)(O)[C@H](OP(=O)(O)O)[C@@H](OP(=O)(O)O)[C@H]1OP(=O)(O)O. The lowest BCUT2D eigenvalue weighted by molar-refractivity contribution is -0.334. The average molecular weight is 490 g/mol. The van der Waals surface area contributed by atoms with Crippen LogP contribution in [0.2, 0.25) is 0 Å². The number of phosphoric ester groups is 3. The van der Waals surface area contributed by atoms with Crippen LogP contribution in [0.25, 0.3) is 0 Å². The molecule has 0 aromatic rings. The predicted molar refractivity (Wildman–Crippen MR) is 92.0 cm³/mol. The standard InChI is InChI=1S/C11H25O15P3/c1-3-4-5-22-6-7-8(24-27(13,14)15)9(25-28(16,17)18)10(11(2,12)23-7)26-29(19,20)21/h7-10,12H,3-6H2,1-2H3,(H2,13,14,15)(H2,16,17,18)(H2,19,20,21)/t7-,8+,9+,10-,11+/m1/s1. The molecule has 0 aliphatic carbocycles. The Labute approximate surface area is 165 Å². The van der Waals surface area contributed by atoms with Crippen LogP contribution in [0.4, 0.5) is 0 Å². The van der Waals surface area contributed by atoms with Gasteiger partial charge in [-0.25, -0.2) is 13.7 Å². The first-order valence-corrected chi connectivity index (χ1v) is 12.7. The summed E-state index contributed by atoms with van der Waals surface area (Å²) in [4.78, 5) is 54.7. The zero-order valence-electron chi connectivity index (χ0n) is 15.4. The summed E-state index contributed by atoms with van der Waals surface area (Å²) < 4.78 is 57.7. The maximum atomic E-state index is 11.4. The lowest BCUT2D eigenvalue weighted by Crippen LogP contribution is -2.65. The van der Waals surface area contributed by atoms with E-state index in [9.17, 15) is 18.8 Å². The topological polar surface area (TPSA) is 239 Å². The van der Waals surface area contributed by atoms with Crippen LogP contribution in [-0.2, 0) is 36.7 Å². The van der Waals surface area contributed by atoms with Crippen molar-refractivity contribution in [1.29, 1.82) is 0 Å². The number of ether oxygens (including phenoxy) is 2. The molecule has 1 fully saturated rings. The van der Waals surface area contributed by atoms with Gasteiger partial charge in [0.25, 0.3) is 0 Å². The molecular weight excluding hydrogens is 465 g/mol. The second-order valence-corrected chi connectivity index (χ2v) is 9.85. The number of phosphoric acid groups is 3. The second-order valence-electron chi connectivity index (χ2n) is 6.28. The van der Waals surface area contributed by atoms with Crippen molar-refractivity contribution in [3.8, 4) is 0 Å². The second kappa shape index (κ2) is 10.2. The predicted octanol–water partition coefficient (Wildman–Crippen LogP) is -0.656. The van der Waals surface area contributed by atoms with E-state index in [-0.39, 0.29) is 6.61 Å². The van der Waals surface area contributed by atoms with Crippen LogP contribution in [0.5, 0.6) is 0 Å². The van der Waals surface area contributed by atoms with Crippen LogP contribution >= 0.6 is 23.5 Å². The molecule has 0 aromatic carbocycles. The lowest BCUT2D eigenvalue weighted by Gasteiger charge is -2.48. The van der Waals surface area contributed by atoms with Crippen molar-refractivity contribution in [2.75, 3.05) is 13.2 Å². The summed E-state index contributed by atoms with van der Waals surface area (Å²) in [6, 6.07) is 0. The van der Waals surface area contributed by atoms with Crippen LogP contribution in [0.15, 0.2) is 0 Å². The fourth-order valence-electron chi connectivity index (χ4n) is 2.57. The van der Waals surface area contributed by atoms with Gasteiger partial charge in [-0.1, -0.05) is 13.3 Å². The first kappa shape index (κ1) is 27.2. The summed E-state index contributed by atoms with van der Waals surface area (Å²) >= 11 is 0. The lowest BCUT2D eigenvalue weighted by atomic mass is 9.93. The zero-order chi connectivity index (χ0) is 22.7. The highest BCUT2D eigenvalue weighted by molar-refractivity contribution is 7.47. The van der Waals surface area contributed by atoms with Crippen molar-refractivity contribution < 1.29 is 71.2 Å². The van der Waals surface area contributed by atoms with Gasteiger partial charge in [-0.3, -0.25) is 13.6 Å². The minimum absolute atomic E-state index is 0.174. The van der Waals surface area contributed by atoms with E-state index in [1.807, 2.05) is 6.92 Å². The Hall–Kier alpha value is 0.210. The molecule has 7 N–H and O–H groups in total. The molecule has 0 spiro atoms. The van der Waals surface area contributed by atoms with Gasteiger partial charge in [0.1, 0.15) is 18.3 Å². The zero-order valence-corrected chi connectivity index (χ0v) is 18.1. The minimum atomic E-state index is -5.43. The smallest absolute Gasteiger partial charge is 0.379 e. The van der Waals surface area contributed by atoms with Crippen molar-refractivity contribution in [3.63, 3.8) is 0 Å². The molecule has 0 aromatic heterocycles. The number of hydrogen-bond donors (Lipinski definition) is 7. The molecule has 0 saturated carbocycles. The summed E-state index contributed by atoms with van der Waals surface area (Å²) in [6.45, 7) is 2.41. The number of rotatable bonds is 11. The van der Waals surface area contributed by atoms with Crippen molar-refractivity contribution in [1.82, 2.24) is 0 Å². The largest absolute Gasteiger partial charge is 0.470 e. The molecule has 1 aliphatic heterocycles. The fraction of sp³-hybridized carbons (Fsp3) is 1.00. The van der Waals surface area contributed by atoms with Crippen LogP contribution in [0, 0.1) is 0 Å². The maximum Gasteiger partial charge on any atom is 0.470 e. The van der Waals surface area contributed by atoms with E-state index in [1.54, 1.807) is 0 Å². The van der Waals surface area contributed by atoms with Crippen molar-refractivity contribution in [2.45, 2.75) is 56.9 Å². The third kappa shape index (κ3) is 9.92. The Kier molecular flexibility index (Phi) is 9.60. The molecule has 1 heterocycles. The molecule has 5 atom stereocenters. The van der Waals surface area contributed by atoms with Gasteiger partial charge in [-0.2, -0.15) is 0 Å². The normalized spacial score (nSPS) is 31.8. The molecule has 0 amide bonds. The molecule has 1 aliphatic rings. The highest BCUT2D eigenvalue weighted by Gasteiger charge is 2.58. The summed E-state index contributed by atoms with van der Waals surface area (Å²) in [6.07, 6.45) is -6.88. The highest BCUT2D eigenvalue weighted by atomic mass is 31.2. The third-order valence-corrected chi connectivity index (χ3v) is 5.14. The van der Waals surface area contributed by atoms with E-state index in [1.165, 1.54) is 0 Å². The Balaban J connectivity index is 3.33.